The van der Waals surface area contributed by atoms with Crippen LogP contribution in [0.3, 0.4) is 0 Å². The summed E-state index contributed by atoms with van der Waals surface area (Å²) in [7, 11) is 1.41. The van der Waals surface area contributed by atoms with Crippen LogP contribution in [0.15, 0.2) is 71.8 Å². The second kappa shape index (κ2) is 9.21. The van der Waals surface area contributed by atoms with E-state index in [0.29, 0.717) is 11.3 Å². The normalized spacial score (nSPS) is 11.4. The lowest BCUT2D eigenvalue weighted by Crippen LogP contribution is -2.19. The Bertz CT molecular complexity index is 1110. The van der Waals surface area contributed by atoms with Gasteiger partial charge in [0.05, 0.1) is 30.1 Å². The average Bonchev–Trinajstić information content (AvgIpc) is 2.75. The van der Waals surface area contributed by atoms with Crippen LogP contribution in [0, 0.1) is 0 Å². The molecule has 0 fully saturated rings. The lowest BCUT2D eigenvalue weighted by atomic mass is 10.1. The molecule has 6 nitrogen and oxygen atoms in total. The molecule has 0 aliphatic carbocycles. The van der Waals surface area contributed by atoms with Crippen molar-refractivity contribution in [3.63, 3.8) is 0 Å². The fraction of sp³-hybridized carbons (Fsp3) is 0.0909. The molecule has 0 heterocycles. The van der Waals surface area contributed by atoms with Gasteiger partial charge in [-0.3, -0.25) is 4.79 Å². The molecule has 0 radical (unpaired) electrons. The van der Waals surface area contributed by atoms with Crippen LogP contribution >= 0.6 is 0 Å². The van der Waals surface area contributed by atoms with E-state index in [9.17, 15) is 23.1 Å². The molecule has 3 aromatic carbocycles. The molecule has 0 aliphatic heterocycles. The van der Waals surface area contributed by atoms with Crippen molar-refractivity contribution in [3.8, 4) is 11.5 Å². The first-order chi connectivity index (χ1) is 14.8. The van der Waals surface area contributed by atoms with E-state index in [0.717, 1.165) is 12.1 Å². The number of aromatic hydroxyl groups is 1. The number of nitrogens with zero attached hydrogens (tertiary/aromatic N) is 1. The van der Waals surface area contributed by atoms with Gasteiger partial charge in [-0.1, -0.05) is 18.2 Å². The number of para-hydroxylation sites is 1. The quantitative estimate of drug-likeness (QED) is 0.383. The maximum Gasteiger partial charge on any atom is 0.416 e. The summed E-state index contributed by atoms with van der Waals surface area (Å²) in [6.45, 7) is 0. The molecule has 3 N–H and O–H groups in total. The molecule has 0 aromatic heterocycles. The minimum atomic E-state index is -4.47. The third-order valence-electron chi connectivity index (χ3n) is 4.22. The Labute approximate surface area is 176 Å². The number of carbonyl (C=O) groups excluding carboxylic acids is 1. The number of alkyl halides is 3. The van der Waals surface area contributed by atoms with Crippen LogP contribution < -0.4 is 15.5 Å². The first-order valence-corrected chi connectivity index (χ1v) is 9.01. The van der Waals surface area contributed by atoms with Crippen LogP contribution in [0.1, 0.15) is 21.5 Å². The van der Waals surface area contributed by atoms with Crippen LogP contribution in [-0.4, -0.2) is 24.3 Å². The number of phenols is 1. The van der Waals surface area contributed by atoms with Gasteiger partial charge in [-0.2, -0.15) is 18.3 Å². The van der Waals surface area contributed by atoms with Crippen molar-refractivity contribution in [2.45, 2.75) is 6.18 Å². The van der Waals surface area contributed by atoms with Crippen molar-refractivity contribution in [2.75, 3.05) is 12.4 Å². The van der Waals surface area contributed by atoms with Crippen LogP contribution in [0.25, 0.3) is 0 Å². The molecule has 0 saturated carbocycles. The molecule has 0 spiro atoms. The number of hydrogen-bond donors (Lipinski definition) is 3. The zero-order valence-electron chi connectivity index (χ0n) is 16.3. The number of halogens is 3. The lowest BCUT2D eigenvalue weighted by Gasteiger charge is -2.13. The van der Waals surface area contributed by atoms with Gasteiger partial charge in [0, 0.05) is 5.69 Å². The summed E-state index contributed by atoms with van der Waals surface area (Å²) < 4.78 is 43.8. The highest BCUT2D eigenvalue weighted by Crippen LogP contribution is 2.32. The summed E-state index contributed by atoms with van der Waals surface area (Å²) in [6, 6.07) is 15.6. The molecule has 1 amide bonds. The van der Waals surface area contributed by atoms with Crippen molar-refractivity contribution in [1.82, 2.24) is 5.43 Å². The summed E-state index contributed by atoms with van der Waals surface area (Å²) in [5, 5.41) is 16.3. The maximum atomic E-state index is 12.9. The highest BCUT2D eigenvalue weighted by Gasteiger charge is 2.30. The van der Waals surface area contributed by atoms with E-state index in [-0.39, 0.29) is 22.7 Å². The largest absolute Gasteiger partial charge is 0.504 e. The maximum absolute atomic E-state index is 12.9. The summed E-state index contributed by atoms with van der Waals surface area (Å²) in [6.07, 6.45) is -3.11. The number of nitrogens with one attached hydrogen (secondary N) is 2. The van der Waals surface area contributed by atoms with Gasteiger partial charge in [0.1, 0.15) is 0 Å². The highest BCUT2D eigenvalue weighted by atomic mass is 19.4. The predicted molar refractivity (Wildman–Crippen MR) is 111 cm³/mol. The molecule has 3 aromatic rings. The number of amides is 1. The summed E-state index contributed by atoms with van der Waals surface area (Å²) in [4.78, 5) is 12.5. The van der Waals surface area contributed by atoms with E-state index in [4.69, 9.17) is 4.74 Å². The van der Waals surface area contributed by atoms with Crippen LogP contribution in [0.5, 0.6) is 11.5 Å². The van der Waals surface area contributed by atoms with E-state index in [1.54, 1.807) is 24.3 Å². The molecule has 31 heavy (non-hydrogen) atoms. The third-order valence-corrected chi connectivity index (χ3v) is 4.22. The van der Waals surface area contributed by atoms with Gasteiger partial charge in [-0.05, 0) is 54.1 Å². The highest BCUT2D eigenvalue weighted by molar-refractivity contribution is 6.00. The summed E-state index contributed by atoms with van der Waals surface area (Å²) in [5.41, 5.74) is 2.85. The number of ether oxygens (including phenoxy) is 1. The summed E-state index contributed by atoms with van der Waals surface area (Å²) >= 11 is 0. The fourth-order valence-corrected chi connectivity index (χ4v) is 2.72. The van der Waals surface area contributed by atoms with Gasteiger partial charge in [0.15, 0.2) is 11.5 Å². The SMILES string of the molecule is COc1cc(/C=N/NC(=O)c2ccccc2Nc2cccc(C(F)(F)F)c2)ccc1O. The van der Waals surface area contributed by atoms with E-state index in [1.165, 1.54) is 43.7 Å². The standard InChI is InChI=1S/C22H18F3N3O3/c1-31-20-11-14(9-10-19(20)29)13-26-28-21(30)17-7-2-3-8-18(17)27-16-6-4-5-15(12-16)22(23,24)25/h2-13,27,29H,1H3,(H,28,30)/b26-13+. The zero-order valence-corrected chi connectivity index (χ0v) is 16.3. The number of methoxy groups -OCH3 is 1. The van der Waals surface area contributed by atoms with Crippen molar-refractivity contribution in [2.24, 2.45) is 5.10 Å². The Kier molecular flexibility index (Phi) is 6.44. The second-order valence-corrected chi connectivity index (χ2v) is 6.38. The molecule has 0 saturated heterocycles. The van der Waals surface area contributed by atoms with Crippen LogP contribution in [0.2, 0.25) is 0 Å². The van der Waals surface area contributed by atoms with Gasteiger partial charge < -0.3 is 15.2 Å². The molecule has 0 atom stereocenters. The smallest absolute Gasteiger partial charge is 0.416 e. The first-order valence-electron chi connectivity index (χ1n) is 9.01. The van der Waals surface area contributed by atoms with E-state index in [1.807, 2.05) is 0 Å². The van der Waals surface area contributed by atoms with Crippen molar-refractivity contribution < 1.29 is 27.8 Å². The van der Waals surface area contributed by atoms with Gasteiger partial charge in [-0.25, -0.2) is 5.43 Å². The number of anilines is 2. The predicted octanol–water partition coefficient (Wildman–Crippen LogP) is 4.93. The Morgan fingerprint density at radius 3 is 2.58 bits per heavy atom. The minimum absolute atomic E-state index is 0.0294. The number of phenolic OH excluding ortho intramolecular Hbond substituents is 1. The van der Waals surface area contributed by atoms with Gasteiger partial charge in [-0.15, -0.1) is 0 Å². The Balaban J connectivity index is 1.75. The monoisotopic (exact) mass is 429 g/mol. The van der Waals surface area contributed by atoms with Crippen molar-refractivity contribution in [3.05, 3.63) is 83.4 Å². The number of hydrazone groups is 1. The lowest BCUT2D eigenvalue weighted by molar-refractivity contribution is -0.137. The first kappa shape index (κ1) is 21.7. The second-order valence-electron chi connectivity index (χ2n) is 6.38. The topological polar surface area (TPSA) is 83.0 Å². The van der Waals surface area contributed by atoms with E-state index >= 15 is 0 Å². The third kappa shape index (κ3) is 5.53. The summed E-state index contributed by atoms with van der Waals surface area (Å²) in [5.74, 6) is -0.332. The number of benzene rings is 3. The average molecular weight is 429 g/mol. The fourth-order valence-electron chi connectivity index (χ4n) is 2.72. The molecule has 0 aliphatic rings. The number of hydrogen-bond acceptors (Lipinski definition) is 5. The van der Waals surface area contributed by atoms with Crippen molar-refractivity contribution >= 4 is 23.5 Å². The molecule has 3 rings (SSSR count). The van der Waals surface area contributed by atoms with Gasteiger partial charge >= 0.3 is 6.18 Å². The Morgan fingerprint density at radius 1 is 1.06 bits per heavy atom. The Morgan fingerprint density at radius 2 is 1.84 bits per heavy atom. The van der Waals surface area contributed by atoms with Gasteiger partial charge in [0.2, 0.25) is 0 Å². The molecule has 0 bridgehead atoms. The number of rotatable bonds is 6. The Hall–Kier alpha value is -4.01. The van der Waals surface area contributed by atoms with E-state index in [2.05, 4.69) is 15.8 Å². The van der Waals surface area contributed by atoms with E-state index < -0.39 is 17.6 Å². The van der Waals surface area contributed by atoms with Gasteiger partial charge in [0.25, 0.3) is 5.91 Å². The molecular weight excluding hydrogens is 411 g/mol. The molecular formula is C22H18F3N3O3. The molecule has 160 valence electrons. The molecule has 9 heteroatoms. The van der Waals surface area contributed by atoms with Crippen LogP contribution in [0.4, 0.5) is 24.5 Å². The molecule has 0 unspecified atom stereocenters. The number of carbonyl (C=O) groups is 1. The minimum Gasteiger partial charge on any atom is -0.504 e. The zero-order chi connectivity index (χ0) is 22.4. The van der Waals surface area contributed by atoms with Crippen molar-refractivity contribution in [1.29, 1.82) is 0 Å². The van der Waals surface area contributed by atoms with Crippen LogP contribution in [-0.2, 0) is 6.18 Å².